The van der Waals surface area contributed by atoms with Crippen LogP contribution in [0.1, 0.15) is 51.7 Å². The van der Waals surface area contributed by atoms with E-state index in [-0.39, 0.29) is 18.1 Å². The molecule has 1 heterocycles. The zero-order valence-electron chi connectivity index (χ0n) is 15.6. The van der Waals surface area contributed by atoms with E-state index in [4.69, 9.17) is 4.74 Å². The highest BCUT2D eigenvalue weighted by Crippen LogP contribution is 2.26. The van der Waals surface area contributed by atoms with Crippen molar-refractivity contribution in [3.63, 3.8) is 0 Å². The van der Waals surface area contributed by atoms with Gasteiger partial charge in [0.1, 0.15) is 0 Å². The lowest BCUT2D eigenvalue weighted by atomic mass is 9.97. The number of ether oxygens (including phenoxy) is 1. The van der Waals surface area contributed by atoms with Crippen LogP contribution in [0.5, 0.6) is 0 Å². The Kier molecular flexibility index (Phi) is 7.20. The molecule has 1 amide bonds. The van der Waals surface area contributed by atoms with Crippen LogP contribution in [-0.4, -0.2) is 40.2 Å². The number of thioether (sulfide) groups is 1. The quantitative estimate of drug-likeness (QED) is 0.544. The van der Waals surface area contributed by atoms with Gasteiger partial charge in [0.25, 0.3) is 0 Å². The van der Waals surface area contributed by atoms with Gasteiger partial charge in [0.05, 0.1) is 30.7 Å². The molecule has 0 radical (unpaired) electrons. The molecule has 1 atom stereocenters. The molecule has 136 valence electrons. The lowest BCUT2D eigenvalue weighted by molar-refractivity contribution is -0.124. The molecule has 0 aliphatic carbocycles. The van der Waals surface area contributed by atoms with E-state index < -0.39 is 0 Å². The third-order valence-electron chi connectivity index (χ3n) is 3.77. The van der Waals surface area contributed by atoms with E-state index >= 15 is 0 Å². The van der Waals surface area contributed by atoms with Crippen molar-refractivity contribution in [2.75, 3.05) is 5.75 Å². The van der Waals surface area contributed by atoms with Gasteiger partial charge in [-0.15, -0.1) is 5.10 Å². The summed E-state index contributed by atoms with van der Waals surface area (Å²) in [5.74, 6) is 0.897. The van der Waals surface area contributed by atoms with Crippen molar-refractivity contribution in [1.29, 1.82) is 0 Å². The summed E-state index contributed by atoms with van der Waals surface area (Å²) in [6.45, 7) is 10.7. The van der Waals surface area contributed by atoms with Gasteiger partial charge in [-0.2, -0.15) is 5.10 Å². The number of benzene rings is 1. The average molecular weight is 362 g/mol. The first-order chi connectivity index (χ1) is 11.9. The van der Waals surface area contributed by atoms with Gasteiger partial charge in [0, 0.05) is 0 Å². The molecule has 2 rings (SSSR count). The topological polar surface area (TPSA) is 54.3 Å². The van der Waals surface area contributed by atoms with Crippen LogP contribution >= 0.6 is 11.8 Å². The molecule has 6 heteroatoms. The van der Waals surface area contributed by atoms with E-state index in [1.165, 1.54) is 17.3 Å². The monoisotopic (exact) mass is 361 g/mol. The standard InChI is InChI=1S/C19H27N3O2S/c1-13(2)17-9-7-6-8-16(17)11-22-18(23)12-25-19(22)21-20-10-15(5)24-14(3)4/h6-10,13-15H,11-12H2,1-5H3/b20-10+,21-19-. The maximum absolute atomic E-state index is 12.3. The molecule has 25 heavy (non-hydrogen) atoms. The van der Waals surface area contributed by atoms with Gasteiger partial charge in [0.2, 0.25) is 5.91 Å². The summed E-state index contributed by atoms with van der Waals surface area (Å²) in [5.41, 5.74) is 2.41. The summed E-state index contributed by atoms with van der Waals surface area (Å²) in [5, 5.41) is 9.01. The maximum Gasteiger partial charge on any atom is 0.239 e. The van der Waals surface area contributed by atoms with Gasteiger partial charge in [-0.1, -0.05) is 49.9 Å². The molecule has 0 bridgehead atoms. The second-order valence-corrected chi connectivity index (χ2v) is 7.60. The predicted molar refractivity (Wildman–Crippen MR) is 105 cm³/mol. The summed E-state index contributed by atoms with van der Waals surface area (Å²) in [7, 11) is 0. The van der Waals surface area contributed by atoms with Crippen LogP contribution in [0.2, 0.25) is 0 Å². The Balaban J connectivity index is 2.12. The highest BCUT2D eigenvalue weighted by atomic mass is 32.2. The first-order valence-electron chi connectivity index (χ1n) is 8.66. The Morgan fingerprint density at radius 1 is 1.24 bits per heavy atom. The minimum absolute atomic E-state index is 0.0731. The lowest BCUT2D eigenvalue weighted by Gasteiger charge is -2.19. The zero-order chi connectivity index (χ0) is 18.4. The fraction of sp³-hybridized carbons (Fsp3) is 0.526. The number of carbonyl (C=O) groups excluding carboxylic acids is 1. The Morgan fingerprint density at radius 3 is 2.64 bits per heavy atom. The van der Waals surface area contributed by atoms with Crippen LogP contribution in [0.4, 0.5) is 0 Å². The highest BCUT2D eigenvalue weighted by Gasteiger charge is 2.29. The average Bonchev–Trinajstić information content (AvgIpc) is 2.88. The number of amides is 1. The van der Waals surface area contributed by atoms with Crippen molar-refractivity contribution in [1.82, 2.24) is 4.90 Å². The van der Waals surface area contributed by atoms with E-state index in [0.717, 1.165) is 5.56 Å². The van der Waals surface area contributed by atoms with Crippen molar-refractivity contribution >= 4 is 29.1 Å². The molecule has 1 fully saturated rings. The fourth-order valence-electron chi connectivity index (χ4n) is 2.68. The Labute approximate surface area is 154 Å². The molecule has 1 aromatic carbocycles. The molecule has 1 saturated heterocycles. The first kappa shape index (κ1) is 19.7. The van der Waals surface area contributed by atoms with Crippen LogP contribution < -0.4 is 0 Å². The number of amidine groups is 1. The molecule has 0 saturated carbocycles. The van der Waals surface area contributed by atoms with Crippen molar-refractivity contribution in [3.8, 4) is 0 Å². The SMILES string of the molecule is CC(C)OC(C)/C=N/N=C1\SCC(=O)N1Cc1ccccc1C(C)C. The van der Waals surface area contributed by atoms with Crippen molar-refractivity contribution in [2.45, 2.75) is 59.3 Å². The molecule has 1 unspecified atom stereocenters. The minimum atomic E-state index is -0.110. The molecular formula is C19H27N3O2S. The summed E-state index contributed by atoms with van der Waals surface area (Å²) >= 11 is 1.43. The maximum atomic E-state index is 12.3. The number of hydrogen-bond acceptors (Lipinski definition) is 5. The molecule has 0 aromatic heterocycles. The Hall–Kier alpha value is -1.66. The second-order valence-electron chi connectivity index (χ2n) is 6.66. The second kappa shape index (κ2) is 9.15. The molecule has 1 aliphatic heterocycles. The van der Waals surface area contributed by atoms with E-state index in [2.05, 4.69) is 36.2 Å². The number of nitrogens with zero attached hydrogens (tertiary/aromatic N) is 3. The fourth-order valence-corrected chi connectivity index (χ4v) is 3.52. The van der Waals surface area contributed by atoms with E-state index in [0.29, 0.717) is 23.4 Å². The number of rotatable bonds is 7. The lowest BCUT2D eigenvalue weighted by Crippen LogP contribution is -2.29. The Bertz CT molecular complexity index is 656. The van der Waals surface area contributed by atoms with E-state index in [9.17, 15) is 4.79 Å². The van der Waals surface area contributed by atoms with Crippen molar-refractivity contribution in [3.05, 3.63) is 35.4 Å². The van der Waals surface area contributed by atoms with Crippen molar-refractivity contribution < 1.29 is 9.53 Å². The summed E-state index contributed by atoms with van der Waals surface area (Å²) in [4.78, 5) is 14.0. The Morgan fingerprint density at radius 2 is 1.96 bits per heavy atom. The van der Waals surface area contributed by atoms with Crippen molar-refractivity contribution in [2.24, 2.45) is 10.2 Å². The van der Waals surface area contributed by atoms with Crippen LogP contribution in [0.3, 0.4) is 0 Å². The summed E-state index contributed by atoms with van der Waals surface area (Å²) in [6, 6.07) is 8.24. The molecule has 5 nitrogen and oxygen atoms in total. The van der Waals surface area contributed by atoms with Crippen LogP contribution in [0, 0.1) is 0 Å². The molecule has 0 N–H and O–H groups in total. The van der Waals surface area contributed by atoms with Gasteiger partial charge in [0.15, 0.2) is 5.17 Å². The minimum Gasteiger partial charge on any atom is -0.370 e. The summed E-state index contributed by atoms with van der Waals surface area (Å²) < 4.78 is 5.59. The zero-order valence-corrected chi connectivity index (χ0v) is 16.4. The number of hydrogen-bond donors (Lipinski definition) is 0. The third kappa shape index (κ3) is 5.68. The smallest absolute Gasteiger partial charge is 0.239 e. The van der Waals surface area contributed by atoms with Gasteiger partial charge in [-0.05, 0) is 37.8 Å². The molecular weight excluding hydrogens is 334 g/mol. The molecule has 1 aromatic rings. The van der Waals surface area contributed by atoms with Crippen LogP contribution in [0.15, 0.2) is 34.5 Å². The number of carbonyl (C=O) groups is 1. The third-order valence-corrected chi connectivity index (χ3v) is 4.72. The molecule has 0 spiro atoms. The van der Waals surface area contributed by atoms with Gasteiger partial charge >= 0.3 is 0 Å². The highest BCUT2D eigenvalue weighted by molar-refractivity contribution is 8.15. The predicted octanol–water partition coefficient (Wildman–Crippen LogP) is 4.04. The van der Waals surface area contributed by atoms with Crippen LogP contribution in [-0.2, 0) is 16.1 Å². The normalized spacial score (nSPS) is 18.3. The van der Waals surface area contributed by atoms with Crippen LogP contribution in [0.25, 0.3) is 0 Å². The molecule has 1 aliphatic rings. The van der Waals surface area contributed by atoms with E-state index in [1.54, 1.807) is 11.1 Å². The summed E-state index contributed by atoms with van der Waals surface area (Å²) in [6.07, 6.45) is 1.69. The van der Waals surface area contributed by atoms with Gasteiger partial charge in [-0.3, -0.25) is 9.69 Å². The van der Waals surface area contributed by atoms with Gasteiger partial charge < -0.3 is 4.74 Å². The first-order valence-corrected chi connectivity index (χ1v) is 9.64. The van der Waals surface area contributed by atoms with E-state index in [1.807, 2.05) is 32.9 Å². The van der Waals surface area contributed by atoms with Gasteiger partial charge in [-0.25, -0.2) is 0 Å². The largest absolute Gasteiger partial charge is 0.370 e.